The zero-order chi connectivity index (χ0) is 16.2. The summed E-state index contributed by atoms with van der Waals surface area (Å²) < 4.78 is 5.57. The van der Waals surface area contributed by atoms with Gasteiger partial charge in [0.05, 0.1) is 19.7 Å². The lowest BCUT2D eigenvalue weighted by Crippen LogP contribution is -2.37. The summed E-state index contributed by atoms with van der Waals surface area (Å²) in [6.45, 7) is 2.93. The van der Waals surface area contributed by atoms with Gasteiger partial charge in [-0.15, -0.1) is 0 Å². The minimum Gasteiger partial charge on any atom is -0.496 e. The van der Waals surface area contributed by atoms with Crippen molar-refractivity contribution in [1.82, 2.24) is 9.80 Å². The molecule has 1 aliphatic carbocycles. The second-order valence-electron chi connectivity index (χ2n) is 6.54. The summed E-state index contributed by atoms with van der Waals surface area (Å²) in [4.78, 5) is 9.33. The number of likely N-dealkylation sites (tertiary alicyclic amines) is 1. The number of para-hydroxylation sites is 1. The van der Waals surface area contributed by atoms with Gasteiger partial charge in [0.2, 0.25) is 0 Å². The first-order valence-electron chi connectivity index (χ1n) is 8.60. The van der Waals surface area contributed by atoms with Crippen LogP contribution in [0.2, 0.25) is 0 Å². The van der Waals surface area contributed by atoms with Crippen LogP contribution in [0.3, 0.4) is 0 Å². The van der Waals surface area contributed by atoms with E-state index in [1.165, 1.54) is 31.2 Å². The summed E-state index contributed by atoms with van der Waals surface area (Å²) in [6, 6.07) is 9.10. The smallest absolute Gasteiger partial charge is 0.191 e. The van der Waals surface area contributed by atoms with Crippen LogP contribution in [0.15, 0.2) is 29.3 Å². The molecule has 2 fully saturated rings. The van der Waals surface area contributed by atoms with Crippen LogP contribution in [-0.2, 0) is 0 Å². The average molecular weight is 316 g/mol. The largest absolute Gasteiger partial charge is 0.496 e. The lowest BCUT2D eigenvalue weighted by molar-refractivity contribution is 0.245. The third-order valence-corrected chi connectivity index (χ3v) is 4.96. The van der Waals surface area contributed by atoms with Gasteiger partial charge in [0, 0.05) is 18.7 Å². The number of guanidine groups is 1. The summed E-state index contributed by atoms with van der Waals surface area (Å²) in [6.07, 6.45) is 4.98. The maximum absolute atomic E-state index is 6.18. The van der Waals surface area contributed by atoms with E-state index in [2.05, 4.69) is 21.9 Å². The minimum atomic E-state index is 0.236. The Hall–Kier alpha value is -1.75. The van der Waals surface area contributed by atoms with E-state index in [0.29, 0.717) is 18.5 Å². The molecular weight excluding hydrogens is 288 g/mol. The second-order valence-corrected chi connectivity index (χ2v) is 6.54. The van der Waals surface area contributed by atoms with E-state index in [1.807, 2.05) is 19.2 Å². The lowest BCUT2D eigenvalue weighted by atomic mass is 10.0. The number of rotatable bonds is 6. The van der Waals surface area contributed by atoms with Crippen LogP contribution < -0.4 is 10.5 Å². The third-order valence-electron chi connectivity index (χ3n) is 4.96. The molecule has 5 nitrogen and oxygen atoms in total. The maximum atomic E-state index is 6.18. The molecule has 2 aliphatic rings. The summed E-state index contributed by atoms with van der Waals surface area (Å²) >= 11 is 0. The molecule has 23 heavy (non-hydrogen) atoms. The Morgan fingerprint density at radius 1 is 1.35 bits per heavy atom. The van der Waals surface area contributed by atoms with Gasteiger partial charge in [0.1, 0.15) is 5.75 Å². The molecule has 3 rings (SSSR count). The van der Waals surface area contributed by atoms with Crippen LogP contribution in [-0.4, -0.2) is 55.6 Å². The van der Waals surface area contributed by atoms with Crippen molar-refractivity contribution in [1.29, 1.82) is 0 Å². The SMILES string of the molecule is COc1ccccc1C(CN=C(N)N(C)C1CC1)N1CCCC1. The van der Waals surface area contributed by atoms with E-state index >= 15 is 0 Å². The van der Waals surface area contributed by atoms with Crippen LogP contribution in [0.1, 0.15) is 37.3 Å². The summed E-state index contributed by atoms with van der Waals surface area (Å²) in [5, 5.41) is 0. The van der Waals surface area contributed by atoms with Gasteiger partial charge < -0.3 is 15.4 Å². The molecule has 126 valence electrons. The van der Waals surface area contributed by atoms with Gasteiger partial charge >= 0.3 is 0 Å². The first-order chi connectivity index (χ1) is 11.2. The second kappa shape index (κ2) is 7.21. The van der Waals surface area contributed by atoms with Crippen molar-refractivity contribution >= 4 is 5.96 Å². The van der Waals surface area contributed by atoms with Crippen LogP contribution >= 0.6 is 0 Å². The molecule has 1 saturated carbocycles. The number of aliphatic imine (C=N–C) groups is 1. The van der Waals surface area contributed by atoms with Crippen molar-refractivity contribution in [2.75, 3.05) is 33.8 Å². The van der Waals surface area contributed by atoms with Crippen LogP contribution in [0.5, 0.6) is 5.75 Å². The summed E-state index contributed by atoms with van der Waals surface area (Å²) in [5.74, 6) is 1.60. The van der Waals surface area contributed by atoms with Crippen molar-refractivity contribution in [2.45, 2.75) is 37.8 Å². The zero-order valence-electron chi connectivity index (χ0n) is 14.2. The number of ether oxygens (including phenoxy) is 1. The van der Waals surface area contributed by atoms with Gasteiger partial charge in [-0.25, -0.2) is 0 Å². The Morgan fingerprint density at radius 2 is 2.04 bits per heavy atom. The molecule has 2 N–H and O–H groups in total. The third kappa shape index (κ3) is 3.78. The summed E-state index contributed by atoms with van der Waals surface area (Å²) in [5.41, 5.74) is 7.39. The Balaban J connectivity index is 1.79. The van der Waals surface area contributed by atoms with Gasteiger partial charge in [-0.05, 0) is 44.8 Å². The Labute approximate surface area is 139 Å². The average Bonchev–Trinajstić information content (AvgIpc) is 3.30. The Morgan fingerprint density at radius 3 is 2.70 bits per heavy atom. The molecule has 0 bridgehead atoms. The first kappa shape index (κ1) is 16.1. The zero-order valence-corrected chi connectivity index (χ0v) is 14.2. The molecule has 1 aliphatic heterocycles. The lowest BCUT2D eigenvalue weighted by Gasteiger charge is -2.28. The Bertz CT molecular complexity index is 550. The molecule has 0 aromatic heterocycles. The molecule has 1 atom stereocenters. The number of benzene rings is 1. The fraction of sp³-hybridized carbons (Fsp3) is 0.611. The highest BCUT2D eigenvalue weighted by Crippen LogP contribution is 2.32. The fourth-order valence-corrected chi connectivity index (χ4v) is 3.35. The molecule has 5 heteroatoms. The molecule has 1 heterocycles. The highest BCUT2D eigenvalue weighted by atomic mass is 16.5. The van der Waals surface area contributed by atoms with Gasteiger partial charge in [0.15, 0.2) is 5.96 Å². The van der Waals surface area contributed by atoms with Gasteiger partial charge in [-0.3, -0.25) is 9.89 Å². The predicted molar refractivity (Wildman–Crippen MR) is 93.8 cm³/mol. The molecule has 1 aromatic rings. The van der Waals surface area contributed by atoms with Crippen LogP contribution in [0, 0.1) is 0 Å². The standard InChI is InChI=1S/C18H28N4O/c1-21(14-9-10-14)18(19)20-13-16(22-11-5-6-12-22)15-7-3-4-8-17(15)23-2/h3-4,7-8,14,16H,5-6,9-13H2,1-2H3,(H2,19,20). The highest BCUT2D eigenvalue weighted by molar-refractivity contribution is 5.78. The van der Waals surface area contributed by atoms with Gasteiger partial charge in [-0.1, -0.05) is 18.2 Å². The number of hydrogen-bond donors (Lipinski definition) is 1. The van der Waals surface area contributed by atoms with Crippen molar-refractivity contribution in [3.8, 4) is 5.75 Å². The molecule has 1 saturated heterocycles. The van der Waals surface area contributed by atoms with Crippen LogP contribution in [0.25, 0.3) is 0 Å². The number of nitrogens with two attached hydrogens (primary N) is 1. The molecule has 0 spiro atoms. The van der Waals surface area contributed by atoms with Crippen molar-refractivity contribution in [3.05, 3.63) is 29.8 Å². The highest BCUT2D eigenvalue weighted by Gasteiger charge is 2.29. The van der Waals surface area contributed by atoms with Gasteiger partial charge in [-0.2, -0.15) is 0 Å². The quantitative estimate of drug-likeness (QED) is 0.646. The molecular formula is C18H28N4O. The molecule has 1 aromatic carbocycles. The van der Waals surface area contributed by atoms with E-state index < -0.39 is 0 Å². The molecule has 0 radical (unpaired) electrons. The Kier molecular flexibility index (Phi) is 5.06. The number of nitrogens with zero attached hydrogens (tertiary/aromatic N) is 3. The van der Waals surface area contributed by atoms with Gasteiger partial charge in [0.25, 0.3) is 0 Å². The summed E-state index contributed by atoms with van der Waals surface area (Å²) in [7, 11) is 3.78. The van der Waals surface area contributed by atoms with Crippen molar-refractivity contribution in [3.63, 3.8) is 0 Å². The van der Waals surface area contributed by atoms with E-state index in [0.717, 1.165) is 18.8 Å². The normalized spacial score (nSPS) is 20.5. The van der Waals surface area contributed by atoms with E-state index in [4.69, 9.17) is 15.5 Å². The van der Waals surface area contributed by atoms with E-state index in [-0.39, 0.29) is 6.04 Å². The van der Waals surface area contributed by atoms with Crippen molar-refractivity contribution in [2.24, 2.45) is 10.7 Å². The van der Waals surface area contributed by atoms with Crippen molar-refractivity contribution < 1.29 is 4.74 Å². The topological polar surface area (TPSA) is 54.1 Å². The molecule has 1 unspecified atom stereocenters. The minimum absolute atomic E-state index is 0.236. The van der Waals surface area contributed by atoms with Crippen LogP contribution in [0.4, 0.5) is 0 Å². The predicted octanol–water partition coefficient (Wildman–Crippen LogP) is 2.24. The first-order valence-corrected chi connectivity index (χ1v) is 8.60. The van der Waals surface area contributed by atoms with E-state index in [9.17, 15) is 0 Å². The van der Waals surface area contributed by atoms with E-state index in [1.54, 1.807) is 7.11 Å². The maximum Gasteiger partial charge on any atom is 0.191 e. The molecule has 0 amide bonds. The number of hydrogen-bond acceptors (Lipinski definition) is 3. The number of methoxy groups -OCH3 is 1. The fourth-order valence-electron chi connectivity index (χ4n) is 3.35. The monoisotopic (exact) mass is 316 g/mol.